The first-order valence-electron chi connectivity index (χ1n) is 13.6. The number of nitrogens with zero attached hydrogens (tertiary/aromatic N) is 2. The van der Waals surface area contributed by atoms with Crippen molar-refractivity contribution in [3.8, 4) is 0 Å². The fourth-order valence-electron chi connectivity index (χ4n) is 6.00. The Hall–Kier alpha value is -0.920. The predicted molar refractivity (Wildman–Crippen MR) is 129 cm³/mol. The molecule has 170 valence electrons. The zero-order chi connectivity index (χ0) is 21.0. The highest BCUT2D eigenvalue weighted by Crippen LogP contribution is 2.37. The van der Waals surface area contributed by atoms with Gasteiger partial charge >= 0.3 is 0 Å². The molecule has 2 nitrogen and oxygen atoms in total. The second kappa shape index (κ2) is 13.5. The Labute approximate surface area is 187 Å². The molecule has 0 radical (unpaired) electrons. The topological polar surface area (TPSA) is 25.8 Å². The van der Waals surface area contributed by atoms with Crippen LogP contribution in [0.3, 0.4) is 0 Å². The Morgan fingerprint density at radius 2 is 1.10 bits per heavy atom. The lowest BCUT2D eigenvalue weighted by Crippen LogP contribution is -2.16. The number of hydrogen-bond donors (Lipinski definition) is 0. The normalized spacial score (nSPS) is 27.3. The quantitative estimate of drug-likeness (QED) is 0.321. The summed E-state index contributed by atoms with van der Waals surface area (Å²) in [5, 5.41) is 0. The summed E-state index contributed by atoms with van der Waals surface area (Å²) >= 11 is 0. The summed E-state index contributed by atoms with van der Waals surface area (Å²) in [6.07, 6.45) is 29.4. The maximum Gasteiger partial charge on any atom is 0.128 e. The summed E-state index contributed by atoms with van der Waals surface area (Å²) in [6, 6.07) is 0. The van der Waals surface area contributed by atoms with Crippen molar-refractivity contribution >= 4 is 0 Å². The molecule has 0 unspecified atom stereocenters. The van der Waals surface area contributed by atoms with Gasteiger partial charge in [0.15, 0.2) is 0 Å². The Bertz CT molecular complexity index is 551. The van der Waals surface area contributed by atoms with Gasteiger partial charge in [-0.15, -0.1) is 0 Å². The molecule has 0 saturated heterocycles. The molecule has 0 atom stereocenters. The van der Waals surface area contributed by atoms with Gasteiger partial charge in [-0.2, -0.15) is 0 Å². The van der Waals surface area contributed by atoms with Crippen molar-refractivity contribution < 1.29 is 0 Å². The summed E-state index contributed by atoms with van der Waals surface area (Å²) < 4.78 is 0. The van der Waals surface area contributed by atoms with E-state index in [1.165, 1.54) is 115 Å². The highest BCUT2D eigenvalue weighted by Gasteiger charge is 2.23. The number of rotatable bonds is 12. The molecule has 0 N–H and O–H groups in total. The van der Waals surface area contributed by atoms with Gasteiger partial charge in [0.05, 0.1) is 0 Å². The van der Waals surface area contributed by atoms with E-state index in [0.717, 1.165) is 30.0 Å². The smallest absolute Gasteiger partial charge is 0.128 e. The third-order valence-corrected chi connectivity index (χ3v) is 8.22. The largest absolute Gasteiger partial charge is 0.241 e. The van der Waals surface area contributed by atoms with Crippen molar-refractivity contribution in [1.29, 1.82) is 0 Å². The summed E-state index contributed by atoms with van der Waals surface area (Å²) in [5.41, 5.74) is 1.40. The van der Waals surface area contributed by atoms with Crippen LogP contribution < -0.4 is 0 Å². The highest BCUT2D eigenvalue weighted by molar-refractivity contribution is 5.13. The fourth-order valence-corrected chi connectivity index (χ4v) is 6.00. The molecular weight excluding hydrogens is 364 g/mol. The monoisotopic (exact) mass is 412 g/mol. The third-order valence-electron chi connectivity index (χ3n) is 8.22. The molecule has 0 aromatic carbocycles. The lowest BCUT2D eigenvalue weighted by molar-refractivity contribution is 0.248. The van der Waals surface area contributed by atoms with E-state index in [0.29, 0.717) is 5.92 Å². The van der Waals surface area contributed by atoms with Crippen molar-refractivity contribution in [2.45, 2.75) is 135 Å². The Balaban J connectivity index is 1.33. The number of aryl methyl sites for hydroxylation is 1. The van der Waals surface area contributed by atoms with E-state index in [9.17, 15) is 0 Å². The van der Waals surface area contributed by atoms with Crippen LogP contribution in [0.15, 0.2) is 12.4 Å². The summed E-state index contributed by atoms with van der Waals surface area (Å²) in [7, 11) is 0. The third kappa shape index (κ3) is 7.97. The summed E-state index contributed by atoms with van der Waals surface area (Å²) in [4.78, 5) is 9.54. The lowest BCUT2D eigenvalue weighted by atomic mass is 9.77. The first-order chi connectivity index (χ1) is 14.8. The van der Waals surface area contributed by atoms with Crippen LogP contribution in [-0.4, -0.2) is 9.97 Å². The molecular formula is C28H48N2. The van der Waals surface area contributed by atoms with Crippen LogP contribution >= 0.6 is 0 Å². The molecule has 3 rings (SSSR count). The number of hydrogen-bond acceptors (Lipinski definition) is 2. The van der Waals surface area contributed by atoms with Gasteiger partial charge in [0.2, 0.25) is 0 Å². The Kier molecular flexibility index (Phi) is 10.7. The van der Waals surface area contributed by atoms with E-state index in [2.05, 4.69) is 26.2 Å². The second-order valence-corrected chi connectivity index (χ2v) is 10.6. The maximum atomic E-state index is 4.77. The van der Waals surface area contributed by atoms with Crippen molar-refractivity contribution in [1.82, 2.24) is 9.97 Å². The van der Waals surface area contributed by atoms with Crippen LogP contribution in [0.4, 0.5) is 0 Å². The molecule has 2 aliphatic rings. The van der Waals surface area contributed by atoms with E-state index < -0.39 is 0 Å². The van der Waals surface area contributed by atoms with E-state index in [-0.39, 0.29) is 0 Å². The van der Waals surface area contributed by atoms with Crippen LogP contribution in [0, 0.1) is 17.8 Å². The van der Waals surface area contributed by atoms with Crippen LogP contribution in [0.2, 0.25) is 0 Å². The predicted octanol–water partition coefficient (Wildman–Crippen LogP) is 8.65. The van der Waals surface area contributed by atoms with Gasteiger partial charge < -0.3 is 0 Å². The van der Waals surface area contributed by atoms with Gasteiger partial charge in [-0.05, 0) is 61.3 Å². The van der Waals surface area contributed by atoms with E-state index in [1.807, 2.05) is 0 Å². The summed E-state index contributed by atoms with van der Waals surface area (Å²) in [6.45, 7) is 4.62. The van der Waals surface area contributed by atoms with Crippen molar-refractivity contribution in [2.75, 3.05) is 0 Å². The van der Waals surface area contributed by atoms with Gasteiger partial charge in [-0.1, -0.05) is 90.9 Å². The molecule has 0 amide bonds. The molecule has 2 aliphatic carbocycles. The molecule has 0 spiro atoms. The van der Waals surface area contributed by atoms with Crippen molar-refractivity contribution in [3.05, 3.63) is 23.8 Å². The van der Waals surface area contributed by atoms with Gasteiger partial charge in [0.1, 0.15) is 5.82 Å². The molecule has 2 heteroatoms. The Morgan fingerprint density at radius 1 is 0.633 bits per heavy atom. The first kappa shape index (κ1) is 23.7. The van der Waals surface area contributed by atoms with Gasteiger partial charge in [0.25, 0.3) is 0 Å². The zero-order valence-corrected chi connectivity index (χ0v) is 20.1. The van der Waals surface area contributed by atoms with E-state index in [4.69, 9.17) is 9.97 Å². The molecule has 2 saturated carbocycles. The SMILES string of the molecule is CCCCC[C@H]1CC[C@H](CCc2ncc([C@H]3CC[C@H](CCCCC)CC3)cn2)CC1. The van der Waals surface area contributed by atoms with Crippen LogP contribution in [0.1, 0.15) is 140 Å². The van der Waals surface area contributed by atoms with Crippen LogP contribution in [0.25, 0.3) is 0 Å². The highest BCUT2D eigenvalue weighted by atomic mass is 14.9. The number of aromatic nitrogens is 2. The average Bonchev–Trinajstić information content (AvgIpc) is 2.80. The molecule has 2 fully saturated rings. The van der Waals surface area contributed by atoms with Gasteiger partial charge in [0, 0.05) is 18.8 Å². The van der Waals surface area contributed by atoms with Gasteiger partial charge in [-0.25, -0.2) is 9.97 Å². The zero-order valence-electron chi connectivity index (χ0n) is 20.1. The van der Waals surface area contributed by atoms with E-state index in [1.54, 1.807) is 0 Å². The number of unbranched alkanes of at least 4 members (excludes halogenated alkanes) is 4. The molecule has 0 bridgehead atoms. The molecule has 30 heavy (non-hydrogen) atoms. The summed E-state index contributed by atoms with van der Waals surface area (Å²) in [5.74, 6) is 4.71. The van der Waals surface area contributed by atoms with Crippen molar-refractivity contribution in [2.24, 2.45) is 17.8 Å². The Morgan fingerprint density at radius 3 is 1.60 bits per heavy atom. The van der Waals surface area contributed by atoms with Crippen LogP contribution in [0.5, 0.6) is 0 Å². The lowest BCUT2D eigenvalue weighted by Gasteiger charge is -2.29. The standard InChI is InChI=1S/C28H48N2/c1-3-5-7-9-23-11-13-25(14-12-23)17-20-28-29-21-27(22-30-28)26-18-15-24(16-19-26)10-8-6-4-2/h21-26H,3-20H2,1-2H3/t23-,24-,25-,26-. The fraction of sp³-hybridized carbons (Fsp3) is 0.857. The first-order valence-corrected chi connectivity index (χ1v) is 13.6. The maximum absolute atomic E-state index is 4.77. The molecule has 1 heterocycles. The molecule has 1 aromatic rings. The van der Waals surface area contributed by atoms with Crippen LogP contribution in [-0.2, 0) is 6.42 Å². The minimum atomic E-state index is 0.712. The second-order valence-electron chi connectivity index (χ2n) is 10.6. The van der Waals surface area contributed by atoms with Gasteiger partial charge in [-0.3, -0.25) is 0 Å². The molecule has 1 aromatic heterocycles. The molecule has 0 aliphatic heterocycles. The van der Waals surface area contributed by atoms with Crippen molar-refractivity contribution in [3.63, 3.8) is 0 Å². The minimum absolute atomic E-state index is 0.712. The van der Waals surface area contributed by atoms with E-state index >= 15 is 0 Å². The minimum Gasteiger partial charge on any atom is -0.241 e. The average molecular weight is 413 g/mol.